The maximum atomic E-state index is 14.5. The van der Waals surface area contributed by atoms with Crippen LogP contribution in [0.3, 0.4) is 0 Å². The molecule has 29 heavy (non-hydrogen) atoms. The first-order chi connectivity index (χ1) is 13.9. The number of halogens is 1. The van der Waals surface area contributed by atoms with Crippen LogP contribution in [0.1, 0.15) is 36.5 Å². The van der Waals surface area contributed by atoms with E-state index in [1.54, 1.807) is 12.1 Å². The molecule has 0 radical (unpaired) electrons. The van der Waals surface area contributed by atoms with Crippen LogP contribution >= 0.6 is 0 Å². The number of benzene rings is 2. The molecule has 1 fully saturated rings. The quantitative estimate of drug-likeness (QED) is 0.724. The number of rotatable bonds is 3. The van der Waals surface area contributed by atoms with Crippen LogP contribution < -0.4 is 4.90 Å². The van der Waals surface area contributed by atoms with E-state index >= 15 is 0 Å². The van der Waals surface area contributed by atoms with Gasteiger partial charge in [-0.3, -0.25) is 9.59 Å². The summed E-state index contributed by atoms with van der Waals surface area (Å²) in [6.07, 6.45) is 1.93. The number of nitrogens with zero attached hydrogens (tertiary/aromatic N) is 2. The summed E-state index contributed by atoms with van der Waals surface area (Å²) in [7, 11) is 0. The van der Waals surface area contributed by atoms with Crippen molar-refractivity contribution in [1.29, 1.82) is 0 Å². The minimum Gasteiger partial charge on any atom is -0.366 e. The molecule has 0 N–H and O–H groups in total. The van der Waals surface area contributed by atoms with Crippen molar-refractivity contribution in [2.24, 2.45) is 5.92 Å². The fraction of sp³-hybridized carbons (Fsp3) is 0.333. The van der Waals surface area contributed by atoms with Crippen molar-refractivity contribution >= 4 is 23.1 Å². The van der Waals surface area contributed by atoms with E-state index in [2.05, 4.69) is 6.92 Å². The second kappa shape index (κ2) is 7.47. The molecular formula is C24H25FN2O2. The van der Waals surface area contributed by atoms with E-state index < -0.39 is 17.6 Å². The summed E-state index contributed by atoms with van der Waals surface area (Å²) in [4.78, 5) is 29.9. The van der Waals surface area contributed by atoms with E-state index in [4.69, 9.17) is 0 Å². The van der Waals surface area contributed by atoms with Gasteiger partial charge in [0.05, 0.1) is 11.3 Å². The Bertz CT molecular complexity index is 1020. The van der Waals surface area contributed by atoms with Crippen molar-refractivity contribution in [3.8, 4) is 0 Å². The van der Waals surface area contributed by atoms with Crippen LogP contribution in [0.25, 0.3) is 5.57 Å². The van der Waals surface area contributed by atoms with Crippen molar-refractivity contribution in [2.45, 2.75) is 33.6 Å². The summed E-state index contributed by atoms with van der Waals surface area (Å²) in [6, 6.07) is 11.8. The smallest absolute Gasteiger partial charge is 0.282 e. The number of amides is 2. The molecule has 0 bridgehead atoms. The third-order valence-electron chi connectivity index (χ3n) is 5.90. The molecular weight excluding hydrogens is 367 g/mol. The average molecular weight is 392 g/mol. The summed E-state index contributed by atoms with van der Waals surface area (Å²) >= 11 is 0. The molecule has 0 aliphatic carbocycles. The minimum atomic E-state index is -0.581. The molecule has 2 heterocycles. The third kappa shape index (κ3) is 3.35. The number of anilines is 1. The second-order valence-corrected chi connectivity index (χ2v) is 8.11. The number of carbonyl (C=O) groups excluding carboxylic acids is 2. The van der Waals surface area contributed by atoms with Crippen LogP contribution in [-0.2, 0) is 9.59 Å². The van der Waals surface area contributed by atoms with Gasteiger partial charge in [-0.15, -0.1) is 0 Å². The van der Waals surface area contributed by atoms with Crippen molar-refractivity contribution in [3.63, 3.8) is 0 Å². The van der Waals surface area contributed by atoms with Crippen LogP contribution in [0.5, 0.6) is 0 Å². The molecule has 150 valence electrons. The Balaban J connectivity index is 1.86. The topological polar surface area (TPSA) is 40.6 Å². The molecule has 4 nitrogen and oxygen atoms in total. The van der Waals surface area contributed by atoms with E-state index in [0.717, 1.165) is 47.5 Å². The van der Waals surface area contributed by atoms with Gasteiger partial charge in [0, 0.05) is 13.1 Å². The van der Waals surface area contributed by atoms with Gasteiger partial charge >= 0.3 is 0 Å². The fourth-order valence-electron chi connectivity index (χ4n) is 4.23. The highest BCUT2D eigenvalue weighted by Crippen LogP contribution is 2.38. The van der Waals surface area contributed by atoms with E-state index in [1.165, 1.54) is 12.1 Å². The average Bonchev–Trinajstić information content (AvgIpc) is 2.94. The van der Waals surface area contributed by atoms with Crippen LogP contribution in [0.4, 0.5) is 10.1 Å². The van der Waals surface area contributed by atoms with Crippen LogP contribution in [0, 0.1) is 25.6 Å². The summed E-state index contributed by atoms with van der Waals surface area (Å²) in [5.41, 5.74) is 3.54. The minimum absolute atomic E-state index is 0.00476. The molecule has 0 saturated carbocycles. The van der Waals surface area contributed by atoms with E-state index in [1.807, 2.05) is 36.9 Å². The first kappa shape index (κ1) is 19.4. The van der Waals surface area contributed by atoms with Gasteiger partial charge in [-0.2, -0.15) is 0 Å². The normalized spacial score (nSPS) is 18.2. The number of likely N-dealkylation sites (tertiary alicyclic amines) is 1. The molecule has 4 rings (SSSR count). The molecule has 1 saturated heterocycles. The zero-order valence-corrected chi connectivity index (χ0v) is 17.0. The van der Waals surface area contributed by atoms with Crippen molar-refractivity contribution in [1.82, 2.24) is 4.90 Å². The molecule has 2 aromatic rings. The number of carbonyl (C=O) groups is 2. The van der Waals surface area contributed by atoms with Gasteiger partial charge in [-0.1, -0.05) is 42.8 Å². The van der Waals surface area contributed by atoms with Gasteiger partial charge in [-0.05, 0) is 55.9 Å². The monoisotopic (exact) mass is 392 g/mol. The standard InChI is InChI=1S/C24H25FN2O2/c1-15-10-12-26(13-11-15)22-21(18-9-8-16(2)14-17(18)3)23(28)27(24(22)29)20-7-5-4-6-19(20)25/h4-9,14-15H,10-13H2,1-3H3. The Morgan fingerprint density at radius 2 is 1.66 bits per heavy atom. The highest BCUT2D eigenvalue weighted by molar-refractivity contribution is 6.45. The van der Waals surface area contributed by atoms with Gasteiger partial charge in [0.1, 0.15) is 11.5 Å². The summed E-state index contributed by atoms with van der Waals surface area (Å²) in [5, 5.41) is 0. The molecule has 2 amide bonds. The van der Waals surface area contributed by atoms with Crippen LogP contribution in [0.15, 0.2) is 48.2 Å². The van der Waals surface area contributed by atoms with E-state index in [-0.39, 0.29) is 5.69 Å². The molecule has 2 aromatic carbocycles. The summed E-state index contributed by atoms with van der Waals surface area (Å²) < 4.78 is 14.5. The second-order valence-electron chi connectivity index (χ2n) is 8.11. The SMILES string of the molecule is Cc1ccc(C2=C(N3CCC(C)CC3)C(=O)N(c3ccccc3F)C2=O)c(C)c1. The Morgan fingerprint density at radius 1 is 0.966 bits per heavy atom. The molecule has 0 aromatic heterocycles. The maximum absolute atomic E-state index is 14.5. The molecule has 0 spiro atoms. The molecule has 0 unspecified atom stereocenters. The number of hydrogen-bond donors (Lipinski definition) is 0. The lowest BCUT2D eigenvalue weighted by Gasteiger charge is -2.32. The van der Waals surface area contributed by atoms with Gasteiger partial charge < -0.3 is 4.90 Å². The Morgan fingerprint density at radius 3 is 2.31 bits per heavy atom. The van der Waals surface area contributed by atoms with E-state index in [9.17, 15) is 14.0 Å². The predicted molar refractivity (Wildman–Crippen MR) is 112 cm³/mol. The maximum Gasteiger partial charge on any atom is 0.282 e. The number of hydrogen-bond acceptors (Lipinski definition) is 3. The molecule has 5 heteroatoms. The molecule has 2 aliphatic rings. The van der Waals surface area contributed by atoms with Crippen molar-refractivity contribution in [2.75, 3.05) is 18.0 Å². The highest BCUT2D eigenvalue weighted by Gasteiger charge is 2.44. The van der Waals surface area contributed by atoms with Gasteiger partial charge in [0.15, 0.2) is 0 Å². The lowest BCUT2D eigenvalue weighted by Crippen LogP contribution is -2.38. The number of aryl methyl sites for hydroxylation is 2. The van der Waals surface area contributed by atoms with E-state index in [0.29, 0.717) is 17.2 Å². The number of piperidine rings is 1. The third-order valence-corrected chi connectivity index (χ3v) is 5.90. The number of imide groups is 1. The van der Waals surface area contributed by atoms with Crippen molar-refractivity contribution < 1.29 is 14.0 Å². The van der Waals surface area contributed by atoms with Crippen LogP contribution in [-0.4, -0.2) is 29.8 Å². The van der Waals surface area contributed by atoms with Gasteiger partial charge in [0.2, 0.25) is 0 Å². The summed E-state index contributed by atoms with van der Waals surface area (Å²) in [5.74, 6) is -0.890. The Labute approximate surface area is 170 Å². The van der Waals surface area contributed by atoms with Crippen LogP contribution in [0.2, 0.25) is 0 Å². The molecule has 0 atom stereocenters. The molecule has 2 aliphatic heterocycles. The largest absolute Gasteiger partial charge is 0.366 e. The lowest BCUT2D eigenvalue weighted by molar-refractivity contribution is -0.120. The Hall–Kier alpha value is -2.95. The lowest BCUT2D eigenvalue weighted by atomic mass is 9.95. The first-order valence-corrected chi connectivity index (χ1v) is 10.1. The predicted octanol–water partition coefficient (Wildman–Crippen LogP) is 4.46. The summed E-state index contributed by atoms with van der Waals surface area (Å²) in [6.45, 7) is 7.56. The van der Waals surface area contributed by atoms with Crippen molar-refractivity contribution in [3.05, 3.63) is 70.7 Å². The first-order valence-electron chi connectivity index (χ1n) is 10.1. The Kier molecular flexibility index (Phi) is 4.99. The van der Waals surface area contributed by atoms with Gasteiger partial charge in [0.25, 0.3) is 11.8 Å². The van der Waals surface area contributed by atoms with Gasteiger partial charge in [-0.25, -0.2) is 9.29 Å². The fourth-order valence-corrected chi connectivity index (χ4v) is 4.23. The zero-order chi connectivity index (χ0) is 20.7. The zero-order valence-electron chi connectivity index (χ0n) is 17.0. The number of para-hydroxylation sites is 1. The highest BCUT2D eigenvalue weighted by atomic mass is 19.1.